The molecule has 1 heterocycles. The van der Waals surface area contributed by atoms with Crippen LogP contribution in [0.4, 0.5) is 11.4 Å². The number of carbonyl (C=O) groups excluding carboxylic acids is 3. The summed E-state index contributed by atoms with van der Waals surface area (Å²) in [5.74, 6) is -1.22. The minimum absolute atomic E-state index is 0.0484. The molecule has 1 fully saturated rings. The lowest BCUT2D eigenvalue weighted by molar-refractivity contribution is -0.384. The van der Waals surface area contributed by atoms with Crippen molar-refractivity contribution in [2.75, 3.05) is 4.90 Å². The summed E-state index contributed by atoms with van der Waals surface area (Å²) in [4.78, 5) is 47.0. The zero-order chi connectivity index (χ0) is 18.7. The smallest absolute Gasteiger partial charge is 0.338 e. The van der Waals surface area contributed by atoms with Gasteiger partial charge in [0.05, 0.1) is 16.2 Å². The van der Waals surface area contributed by atoms with E-state index in [1.807, 2.05) is 0 Å². The molecule has 1 aliphatic rings. The fourth-order valence-electron chi connectivity index (χ4n) is 2.58. The van der Waals surface area contributed by atoms with E-state index in [1.165, 1.54) is 36.4 Å². The van der Waals surface area contributed by atoms with Crippen LogP contribution in [0.25, 0.3) is 0 Å². The van der Waals surface area contributed by atoms with Crippen molar-refractivity contribution in [2.24, 2.45) is 0 Å². The molecule has 0 radical (unpaired) electrons. The van der Waals surface area contributed by atoms with E-state index in [9.17, 15) is 24.5 Å². The zero-order valence-electron chi connectivity index (χ0n) is 13.6. The maximum atomic E-state index is 12.2. The summed E-state index contributed by atoms with van der Waals surface area (Å²) in [6.45, 7) is -0.0529. The summed E-state index contributed by atoms with van der Waals surface area (Å²) < 4.78 is 5.19. The van der Waals surface area contributed by atoms with Crippen molar-refractivity contribution in [3.05, 3.63) is 69.8 Å². The Kier molecular flexibility index (Phi) is 4.74. The van der Waals surface area contributed by atoms with Crippen molar-refractivity contribution in [1.82, 2.24) is 0 Å². The van der Waals surface area contributed by atoms with Crippen molar-refractivity contribution in [3.8, 4) is 0 Å². The van der Waals surface area contributed by atoms with E-state index >= 15 is 0 Å². The van der Waals surface area contributed by atoms with Crippen LogP contribution in [-0.4, -0.2) is 22.7 Å². The Morgan fingerprint density at radius 3 is 2.35 bits per heavy atom. The number of anilines is 1. The maximum Gasteiger partial charge on any atom is 0.338 e. The van der Waals surface area contributed by atoms with E-state index in [4.69, 9.17) is 4.74 Å². The first-order valence-corrected chi connectivity index (χ1v) is 7.82. The Morgan fingerprint density at radius 2 is 1.73 bits per heavy atom. The van der Waals surface area contributed by atoms with Crippen molar-refractivity contribution in [2.45, 2.75) is 19.4 Å². The minimum Gasteiger partial charge on any atom is -0.457 e. The van der Waals surface area contributed by atoms with Crippen LogP contribution in [-0.2, 0) is 20.9 Å². The number of ether oxygens (including phenoxy) is 1. The average molecular weight is 354 g/mol. The molecule has 0 aromatic heterocycles. The van der Waals surface area contributed by atoms with Crippen LogP contribution in [0, 0.1) is 10.1 Å². The third-order valence-corrected chi connectivity index (χ3v) is 3.91. The number of amides is 2. The molecule has 3 rings (SSSR count). The summed E-state index contributed by atoms with van der Waals surface area (Å²) in [6, 6.07) is 11.8. The molecule has 8 heteroatoms. The molecule has 0 atom stereocenters. The molecule has 0 unspecified atom stereocenters. The molecule has 8 nitrogen and oxygen atoms in total. The number of nitro groups is 1. The van der Waals surface area contributed by atoms with Crippen molar-refractivity contribution < 1.29 is 24.0 Å². The van der Waals surface area contributed by atoms with Gasteiger partial charge in [-0.2, -0.15) is 0 Å². The van der Waals surface area contributed by atoms with Gasteiger partial charge in [0.15, 0.2) is 0 Å². The topological polar surface area (TPSA) is 107 Å². The highest BCUT2D eigenvalue weighted by atomic mass is 16.6. The second-order valence-electron chi connectivity index (χ2n) is 5.67. The lowest BCUT2D eigenvalue weighted by Crippen LogP contribution is -2.28. The van der Waals surface area contributed by atoms with Gasteiger partial charge in [-0.1, -0.05) is 6.07 Å². The molecule has 0 bridgehead atoms. The largest absolute Gasteiger partial charge is 0.457 e. The molecule has 1 saturated heterocycles. The number of non-ortho nitro benzene ring substituents is 1. The molecular formula is C18H14N2O6. The first-order valence-electron chi connectivity index (χ1n) is 7.82. The van der Waals surface area contributed by atoms with Crippen LogP contribution in [0.1, 0.15) is 28.8 Å². The van der Waals surface area contributed by atoms with Gasteiger partial charge in [-0.3, -0.25) is 24.6 Å². The van der Waals surface area contributed by atoms with Crippen molar-refractivity contribution in [3.63, 3.8) is 0 Å². The number of hydrogen-bond acceptors (Lipinski definition) is 6. The number of rotatable bonds is 5. The van der Waals surface area contributed by atoms with Gasteiger partial charge in [0, 0.05) is 25.0 Å². The lowest BCUT2D eigenvalue weighted by Gasteiger charge is -2.14. The van der Waals surface area contributed by atoms with Gasteiger partial charge in [-0.05, 0) is 35.9 Å². The van der Waals surface area contributed by atoms with Crippen LogP contribution in [0.15, 0.2) is 48.5 Å². The van der Waals surface area contributed by atoms with E-state index in [-0.39, 0.29) is 42.5 Å². The molecule has 2 aromatic rings. The number of esters is 1. The fourth-order valence-corrected chi connectivity index (χ4v) is 2.58. The highest BCUT2D eigenvalue weighted by molar-refractivity contribution is 6.20. The number of hydrogen-bond donors (Lipinski definition) is 0. The molecule has 0 spiro atoms. The quantitative estimate of drug-likeness (QED) is 0.353. The van der Waals surface area contributed by atoms with Crippen LogP contribution in [0.2, 0.25) is 0 Å². The predicted octanol–water partition coefficient (Wildman–Crippen LogP) is 2.61. The third kappa shape index (κ3) is 3.59. The highest BCUT2D eigenvalue weighted by Gasteiger charge is 2.30. The molecule has 0 N–H and O–H groups in total. The lowest BCUT2D eigenvalue weighted by atomic mass is 10.2. The average Bonchev–Trinajstić information content (AvgIpc) is 2.98. The molecule has 132 valence electrons. The van der Waals surface area contributed by atoms with Crippen molar-refractivity contribution >= 4 is 29.2 Å². The van der Waals surface area contributed by atoms with Gasteiger partial charge in [-0.15, -0.1) is 0 Å². The van der Waals surface area contributed by atoms with Gasteiger partial charge in [0.1, 0.15) is 6.61 Å². The Bertz CT molecular complexity index is 875. The summed E-state index contributed by atoms with van der Waals surface area (Å²) in [6.07, 6.45) is 0.321. The second-order valence-corrected chi connectivity index (χ2v) is 5.67. The van der Waals surface area contributed by atoms with Gasteiger partial charge in [0.25, 0.3) is 5.69 Å². The number of benzene rings is 2. The Labute approximate surface area is 148 Å². The molecule has 2 amide bonds. The standard InChI is InChI=1S/C18H14N2O6/c21-16-8-9-17(22)19(16)15-3-1-2-13(10-15)18(23)26-11-12-4-6-14(7-5-12)20(24)25/h1-7,10H,8-9,11H2. The number of imide groups is 1. The number of nitrogens with zero attached hydrogens (tertiary/aromatic N) is 2. The maximum absolute atomic E-state index is 12.2. The zero-order valence-corrected chi connectivity index (χ0v) is 13.6. The molecule has 26 heavy (non-hydrogen) atoms. The minimum atomic E-state index is -0.621. The summed E-state index contributed by atoms with van der Waals surface area (Å²) in [5.41, 5.74) is 1.09. The molecule has 2 aromatic carbocycles. The third-order valence-electron chi connectivity index (χ3n) is 3.91. The van der Waals surface area contributed by atoms with E-state index in [0.717, 1.165) is 4.90 Å². The van der Waals surface area contributed by atoms with Crippen LogP contribution < -0.4 is 4.90 Å². The van der Waals surface area contributed by atoms with Crippen LogP contribution in [0.5, 0.6) is 0 Å². The predicted molar refractivity (Wildman–Crippen MR) is 90.4 cm³/mol. The van der Waals surface area contributed by atoms with E-state index in [1.54, 1.807) is 12.1 Å². The van der Waals surface area contributed by atoms with Gasteiger partial charge in [-0.25, -0.2) is 4.79 Å². The first-order chi connectivity index (χ1) is 12.5. The van der Waals surface area contributed by atoms with Gasteiger partial charge in [0.2, 0.25) is 11.8 Å². The van der Waals surface area contributed by atoms with Crippen molar-refractivity contribution in [1.29, 1.82) is 0 Å². The summed E-state index contributed by atoms with van der Waals surface area (Å²) in [5, 5.41) is 10.6. The Morgan fingerprint density at radius 1 is 1.08 bits per heavy atom. The van der Waals surface area contributed by atoms with Crippen LogP contribution >= 0.6 is 0 Å². The van der Waals surface area contributed by atoms with E-state index in [2.05, 4.69) is 0 Å². The SMILES string of the molecule is O=C(OCc1ccc([N+](=O)[O-])cc1)c1cccc(N2C(=O)CCC2=O)c1. The van der Waals surface area contributed by atoms with Crippen LogP contribution in [0.3, 0.4) is 0 Å². The normalized spacial score (nSPS) is 13.8. The van der Waals surface area contributed by atoms with E-state index < -0.39 is 10.9 Å². The summed E-state index contributed by atoms with van der Waals surface area (Å²) in [7, 11) is 0. The Balaban J connectivity index is 1.68. The Hall–Kier alpha value is -3.55. The van der Waals surface area contributed by atoms with Gasteiger partial charge >= 0.3 is 5.97 Å². The fraction of sp³-hybridized carbons (Fsp3) is 0.167. The molecule has 0 aliphatic carbocycles. The molecular weight excluding hydrogens is 340 g/mol. The monoisotopic (exact) mass is 354 g/mol. The molecule has 1 aliphatic heterocycles. The van der Waals surface area contributed by atoms with E-state index in [0.29, 0.717) is 11.3 Å². The number of nitro benzene ring substituents is 1. The summed E-state index contributed by atoms with van der Waals surface area (Å²) >= 11 is 0. The second kappa shape index (κ2) is 7.14. The molecule has 0 saturated carbocycles. The van der Waals surface area contributed by atoms with Gasteiger partial charge < -0.3 is 4.74 Å². The highest BCUT2D eigenvalue weighted by Crippen LogP contribution is 2.24. The first kappa shape index (κ1) is 17.3. The number of carbonyl (C=O) groups is 3.